The number of aryl methyl sites for hydroxylation is 1. The highest BCUT2D eigenvalue weighted by molar-refractivity contribution is 5.99. The van der Waals surface area contributed by atoms with E-state index >= 15 is 0 Å². The van der Waals surface area contributed by atoms with Crippen LogP contribution in [0.2, 0.25) is 0 Å². The molecule has 140 valence electrons. The largest absolute Gasteiger partial charge is 0.508 e. The van der Waals surface area contributed by atoms with Crippen LogP contribution in [0.25, 0.3) is 11.1 Å². The number of hydrogen-bond donors (Lipinski definition) is 1. The van der Waals surface area contributed by atoms with Gasteiger partial charge < -0.3 is 9.84 Å². The Hall–Kier alpha value is -3.33. The van der Waals surface area contributed by atoms with Crippen LogP contribution in [0.1, 0.15) is 42.0 Å². The number of fused-ring (bicyclic) bond motifs is 1. The second-order valence-electron chi connectivity index (χ2n) is 7.03. The maximum absolute atomic E-state index is 11.2. The molecule has 0 radical (unpaired) electrons. The topological polar surface area (TPSA) is 46.5 Å². The predicted octanol–water partition coefficient (Wildman–Crippen LogP) is 5.61. The first kappa shape index (κ1) is 18.1. The summed E-state index contributed by atoms with van der Waals surface area (Å²) in [5, 5.41) is 9.73. The van der Waals surface area contributed by atoms with E-state index < -0.39 is 0 Å². The van der Waals surface area contributed by atoms with Crippen molar-refractivity contribution in [3.63, 3.8) is 0 Å². The van der Waals surface area contributed by atoms with E-state index in [2.05, 4.69) is 24.3 Å². The van der Waals surface area contributed by atoms with E-state index in [9.17, 15) is 9.90 Å². The van der Waals surface area contributed by atoms with Crippen LogP contribution in [0.4, 0.5) is 0 Å². The number of allylic oxidation sites excluding steroid dienone is 1. The van der Waals surface area contributed by atoms with Crippen LogP contribution >= 0.6 is 0 Å². The molecule has 28 heavy (non-hydrogen) atoms. The van der Waals surface area contributed by atoms with E-state index in [1.54, 1.807) is 12.1 Å². The van der Waals surface area contributed by atoms with Crippen molar-refractivity contribution < 1.29 is 14.6 Å². The fourth-order valence-corrected chi connectivity index (χ4v) is 3.88. The van der Waals surface area contributed by atoms with Gasteiger partial charge in [-0.3, -0.25) is 4.79 Å². The van der Waals surface area contributed by atoms with Gasteiger partial charge in [0.15, 0.2) is 0 Å². The fourth-order valence-electron chi connectivity index (χ4n) is 3.88. The van der Waals surface area contributed by atoms with E-state index in [-0.39, 0.29) is 11.7 Å². The zero-order valence-electron chi connectivity index (χ0n) is 15.8. The van der Waals surface area contributed by atoms with Crippen molar-refractivity contribution in [2.45, 2.75) is 26.2 Å². The van der Waals surface area contributed by atoms with Gasteiger partial charge in [0.2, 0.25) is 0 Å². The van der Waals surface area contributed by atoms with Gasteiger partial charge in [0.05, 0.1) is 0 Å². The minimum Gasteiger partial charge on any atom is -0.508 e. The fraction of sp³-hybridized carbons (Fsp3) is 0.160. The lowest BCUT2D eigenvalue weighted by Gasteiger charge is -2.23. The number of hydrogen-bond acceptors (Lipinski definition) is 3. The van der Waals surface area contributed by atoms with Gasteiger partial charge in [0, 0.05) is 6.92 Å². The third-order valence-corrected chi connectivity index (χ3v) is 5.08. The standard InChI is InChI=1S/C25H22O3/c1-17(26)28-22-15-11-20(12-16-22)25(19-9-13-21(27)14-10-19)24-8-4-6-18-5-2-3-7-23(18)24/h2-3,5,7,9-16,27H,4,6,8H2,1H3. The Morgan fingerprint density at radius 3 is 2.18 bits per heavy atom. The molecular weight excluding hydrogens is 348 g/mol. The van der Waals surface area contributed by atoms with Crippen LogP contribution in [-0.4, -0.2) is 11.1 Å². The number of phenols is 1. The summed E-state index contributed by atoms with van der Waals surface area (Å²) in [5.41, 5.74) is 7.25. The zero-order chi connectivity index (χ0) is 19.5. The molecule has 0 bridgehead atoms. The summed E-state index contributed by atoms with van der Waals surface area (Å²) in [6.45, 7) is 1.40. The number of carbonyl (C=O) groups excluding carboxylic acids is 1. The molecule has 1 N–H and O–H groups in total. The van der Waals surface area contributed by atoms with Crippen molar-refractivity contribution in [3.05, 3.63) is 95.1 Å². The lowest BCUT2D eigenvalue weighted by atomic mass is 9.81. The summed E-state index contributed by atoms with van der Waals surface area (Å²) in [6, 6.07) is 23.6. The Morgan fingerprint density at radius 1 is 0.857 bits per heavy atom. The Morgan fingerprint density at radius 2 is 1.50 bits per heavy atom. The first-order valence-electron chi connectivity index (χ1n) is 9.51. The minimum absolute atomic E-state index is 0.252. The first-order chi connectivity index (χ1) is 13.6. The molecule has 1 aliphatic carbocycles. The summed E-state index contributed by atoms with van der Waals surface area (Å²) in [4.78, 5) is 11.2. The van der Waals surface area contributed by atoms with E-state index in [1.807, 2.05) is 36.4 Å². The molecule has 0 spiro atoms. The molecule has 0 unspecified atom stereocenters. The second-order valence-corrected chi connectivity index (χ2v) is 7.03. The molecule has 0 fully saturated rings. The van der Waals surface area contributed by atoms with Gasteiger partial charge in [0.1, 0.15) is 11.5 Å². The third kappa shape index (κ3) is 3.70. The minimum atomic E-state index is -0.328. The molecule has 3 aromatic carbocycles. The van der Waals surface area contributed by atoms with Gasteiger partial charge in [-0.05, 0) is 76.9 Å². The Labute approximate surface area is 164 Å². The van der Waals surface area contributed by atoms with Crippen molar-refractivity contribution in [1.29, 1.82) is 0 Å². The summed E-state index contributed by atoms with van der Waals surface area (Å²) in [7, 11) is 0. The smallest absolute Gasteiger partial charge is 0.308 e. The molecule has 1 aliphatic rings. The highest BCUT2D eigenvalue weighted by Gasteiger charge is 2.19. The monoisotopic (exact) mass is 370 g/mol. The molecule has 3 heteroatoms. The lowest BCUT2D eigenvalue weighted by Crippen LogP contribution is -2.05. The predicted molar refractivity (Wildman–Crippen MR) is 111 cm³/mol. The molecule has 0 saturated carbocycles. The van der Waals surface area contributed by atoms with E-state index in [0.717, 1.165) is 36.0 Å². The second kappa shape index (κ2) is 7.73. The average molecular weight is 370 g/mol. The van der Waals surface area contributed by atoms with E-state index in [0.29, 0.717) is 5.75 Å². The molecule has 4 rings (SSSR count). The van der Waals surface area contributed by atoms with Crippen LogP contribution in [0.3, 0.4) is 0 Å². The SMILES string of the molecule is CC(=O)Oc1ccc(C(=C2CCCc3ccccc32)c2ccc(O)cc2)cc1. The number of aromatic hydroxyl groups is 1. The average Bonchev–Trinajstić information content (AvgIpc) is 2.71. The van der Waals surface area contributed by atoms with Crippen LogP contribution in [0.5, 0.6) is 11.5 Å². The number of rotatable bonds is 3. The Balaban J connectivity index is 1.89. The quantitative estimate of drug-likeness (QED) is 0.481. The molecule has 0 saturated heterocycles. The lowest BCUT2D eigenvalue weighted by molar-refractivity contribution is -0.131. The maximum Gasteiger partial charge on any atom is 0.308 e. The molecular formula is C25H22O3. The van der Waals surface area contributed by atoms with Crippen LogP contribution in [0, 0.1) is 0 Å². The van der Waals surface area contributed by atoms with Crippen molar-refractivity contribution in [2.75, 3.05) is 0 Å². The third-order valence-electron chi connectivity index (χ3n) is 5.08. The van der Waals surface area contributed by atoms with Gasteiger partial charge in [0.25, 0.3) is 0 Å². The summed E-state index contributed by atoms with van der Waals surface area (Å²) in [5.74, 6) is 0.462. The van der Waals surface area contributed by atoms with E-state index in [1.165, 1.54) is 23.6 Å². The maximum atomic E-state index is 11.2. The van der Waals surface area contributed by atoms with Gasteiger partial charge in [-0.2, -0.15) is 0 Å². The molecule has 0 aromatic heterocycles. The Bertz CT molecular complexity index is 1030. The first-order valence-corrected chi connectivity index (χ1v) is 9.51. The van der Waals surface area contributed by atoms with Crippen molar-refractivity contribution in [1.82, 2.24) is 0 Å². The Kier molecular flexibility index (Phi) is 4.98. The van der Waals surface area contributed by atoms with Crippen LogP contribution in [-0.2, 0) is 11.2 Å². The van der Waals surface area contributed by atoms with E-state index in [4.69, 9.17) is 4.74 Å². The zero-order valence-corrected chi connectivity index (χ0v) is 15.8. The summed E-state index contributed by atoms with van der Waals surface area (Å²) < 4.78 is 5.18. The van der Waals surface area contributed by atoms with Gasteiger partial charge >= 0.3 is 5.97 Å². The molecule has 0 heterocycles. The van der Waals surface area contributed by atoms with Gasteiger partial charge in [-0.25, -0.2) is 0 Å². The van der Waals surface area contributed by atoms with Crippen LogP contribution in [0.15, 0.2) is 72.8 Å². The summed E-state index contributed by atoms with van der Waals surface area (Å²) in [6.07, 6.45) is 3.20. The molecule has 0 atom stereocenters. The number of ether oxygens (including phenoxy) is 1. The molecule has 0 aliphatic heterocycles. The number of carbonyl (C=O) groups is 1. The highest BCUT2D eigenvalue weighted by Crippen LogP contribution is 2.40. The number of phenolic OH excluding ortho intramolecular Hbond substituents is 1. The van der Waals surface area contributed by atoms with Crippen molar-refractivity contribution >= 4 is 17.1 Å². The number of benzene rings is 3. The normalized spacial score (nSPS) is 14.9. The van der Waals surface area contributed by atoms with Crippen LogP contribution < -0.4 is 4.74 Å². The highest BCUT2D eigenvalue weighted by atomic mass is 16.5. The van der Waals surface area contributed by atoms with Crippen molar-refractivity contribution in [3.8, 4) is 11.5 Å². The van der Waals surface area contributed by atoms with Gasteiger partial charge in [-0.15, -0.1) is 0 Å². The number of esters is 1. The molecule has 3 nitrogen and oxygen atoms in total. The van der Waals surface area contributed by atoms with Crippen molar-refractivity contribution in [2.24, 2.45) is 0 Å². The van der Waals surface area contributed by atoms with Gasteiger partial charge in [-0.1, -0.05) is 48.5 Å². The molecule has 3 aromatic rings. The molecule has 0 amide bonds. The summed E-state index contributed by atoms with van der Waals surface area (Å²) >= 11 is 0.